The summed E-state index contributed by atoms with van der Waals surface area (Å²) in [4.78, 5) is 15.0. The van der Waals surface area contributed by atoms with Gasteiger partial charge >= 0.3 is 0 Å². The maximum absolute atomic E-state index is 13.8. The van der Waals surface area contributed by atoms with Crippen LogP contribution in [0.1, 0.15) is 29.4 Å². The molecule has 0 N–H and O–H groups in total. The molecule has 6 nitrogen and oxygen atoms in total. The summed E-state index contributed by atoms with van der Waals surface area (Å²) in [7, 11) is 0. The number of para-hydroxylation sites is 1. The van der Waals surface area contributed by atoms with E-state index in [9.17, 15) is 13.6 Å². The summed E-state index contributed by atoms with van der Waals surface area (Å²) >= 11 is 0. The van der Waals surface area contributed by atoms with Gasteiger partial charge in [-0.05, 0) is 30.7 Å². The Morgan fingerprint density at radius 2 is 2.03 bits per heavy atom. The van der Waals surface area contributed by atoms with Crippen LogP contribution in [0.15, 0.2) is 54.7 Å². The lowest BCUT2D eigenvalue weighted by molar-refractivity contribution is -0.0406. The largest absolute Gasteiger partial charge is 0.488 e. The highest BCUT2D eigenvalue weighted by molar-refractivity contribution is 5.95. The molecule has 0 bridgehead atoms. The molecule has 1 aliphatic heterocycles. The number of carbonyl (C=O) groups is 1. The van der Waals surface area contributed by atoms with Gasteiger partial charge in [0.1, 0.15) is 18.5 Å². The number of benzene rings is 2. The molecule has 8 heteroatoms. The average Bonchev–Trinajstić information content (AvgIpc) is 3.24. The minimum atomic E-state index is -0.646. The number of ether oxygens (including phenoxy) is 2. The molecule has 2 heterocycles. The number of morpholine rings is 1. The van der Waals surface area contributed by atoms with Crippen molar-refractivity contribution in [3.63, 3.8) is 0 Å². The summed E-state index contributed by atoms with van der Waals surface area (Å²) in [6, 6.07) is 12.7. The summed E-state index contributed by atoms with van der Waals surface area (Å²) in [5, 5.41) is 4.47. The predicted octanol–water partition coefficient (Wildman–Crippen LogP) is 4.02. The molecule has 0 aliphatic carbocycles. The lowest BCUT2D eigenvalue weighted by Crippen LogP contribution is -2.47. The van der Waals surface area contributed by atoms with Gasteiger partial charge in [-0.15, -0.1) is 0 Å². The Morgan fingerprint density at radius 1 is 1.22 bits per heavy atom. The van der Waals surface area contributed by atoms with E-state index in [4.69, 9.17) is 9.47 Å². The van der Waals surface area contributed by atoms with E-state index in [0.717, 1.165) is 36.0 Å². The van der Waals surface area contributed by atoms with Crippen molar-refractivity contribution in [2.45, 2.75) is 25.9 Å². The van der Waals surface area contributed by atoms with E-state index in [1.807, 2.05) is 35.0 Å². The van der Waals surface area contributed by atoms with Crippen LogP contribution in [0.5, 0.6) is 5.75 Å². The summed E-state index contributed by atoms with van der Waals surface area (Å²) < 4.78 is 40.1. The molecule has 1 atom stereocenters. The standard InChI is InChI=1S/C24H25F2N3O3/c1-2-6-22-20(14-27-29(22)18-7-4-3-5-8-18)24(30)28-11-12-31-19(15-28)16-32-23-13-17(25)9-10-21(23)26/h3-5,7-10,13-14,19H,2,6,11-12,15-16H2,1H3. The highest BCUT2D eigenvalue weighted by Crippen LogP contribution is 2.21. The van der Waals surface area contributed by atoms with Crippen molar-refractivity contribution >= 4 is 5.91 Å². The molecule has 0 spiro atoms. The second kappa shape index (κ2) is 9.91. The quantitative estimate of drug-likeness (QED) is 0.556. The van der Waals surface area contributed by atoms with Crippen LogP contribution in [0, 0.1) is 11.6 Å². The Balaban J connectivity index is 1.47. The van der Waals surface area contributed by atoms with Crippen LogP contribution in [0.25, 0.3) is 5.69 Å². The van der Waals surface area contributed by atoms with Gasteiger partial charge < -0.3 is 14.4 Å². The fourth-order valence-corrected chi connectivity index (χ4v) is 3.77. The van der Waals surface area contributed by atoms with Crippen molar-refractivity contribution in [1.82, 2.24) is 14.7 Å². The molecule has 3 aromatic rings. The van der Waals surface area contributed by atoms with Crippen LogP contribution in [0.2, 0.25) is 0 Å². The summed E-state index contributed by atoms with van der Waals surface area (Å²) in [6.07, 6.45) is 2.75. The fourth-order valence-electron chi connectivity index (χ4n) is 3.77. The second-order valence-corrected chi connectivity index (χ2v) is 7.63. The Morgan fingerprint density at radius 3 is 2.81 bits per heavy atom. The third-order valence-corrected chi connectivity index (χ3v) is 5.33. The average molecular weight is 441 g/mol. The molecular formula is C24H25F2N3O3. The van der Waals surface area contributed by atoms with Crippen LogP contribution < -0.4 is 4.74 Å². The maximum Gasteiger partial charge on any atom is 0.257 e. The number of carbonyl (C=O) groups excluding carboxylic acids is 1. The Kier molecular flexibility index (Phi) is 6.80. The first-order chi connectivity index (χ1) is 15.6. The Bertz CT molecular complexity index is 1070. The highest BCUT2D eigenvalue weighted by atomic mass is 19.1. The number of halogens is 2. The summed E-state index contributed by atoms with van der Waals surface area (Å²) in [6.45, 7) is 3.13. The fraction of sp³-hybridized carbons (Fsp3) is 0.333. The zero-order valence-corrected chi connectivity index (χ0v) is 17.8. The molecule has 1 aromatic heterocycles. The molecule has 32 heavy (non-hydrogen) atoms. The van der Waals surface area contributed by atoms with Crippen molar-refractivity contribution in [3.8, 4) is 11.4 Å². The Hall–Kier alpha value is -3.26. The van der Waals surface area contributed by atoms with Gasteiger partial charge in [0, 0.05) is 12.6 Å². The SMILES string of the molecule is CCCc1c(C(=O)N2CCOC(COc3cc(F)ccc3F)C2)cnn1-c1ccccc1. The predicted molar refractivity (Wildman–Crippen MR) is 115 cm³/mol. The van der Waals surface area contributed by atoms with Gasteiger partial charge in [-0.1, -0.05) is 31.5 Å². The molecule has 1 aliphatic rings. The van der Waals surface area contributed by atoms with E-state index in [0.29, 0.717) is 25.1 Å². The van der Waals surface area contributed by atoms with Gasteiger partial charge in [0.05, 0.1) is 36.3 Å². The van der Waals surface area contributed by atoms with E-state index in [-0.39, 0.29) is 24.8 Å². The van der Waals surface area contributed by atoms with Crippen molar-refractivity contribution in [3.05, 3.63) is 77.6 Å². The normalized spacial score (nSPS) is 16.2. The van der Waals surface area contributed by atoms with Gasteiger partial charge in [0.25, 0.3) is 5.91 Å². The first kappa shape index (κ1) is 22.0. The van der Waals surface area contributed by atoms with Crippen LogP contribution >= 0.6 is 0 Å². The van der Waals surface area contributed by atoms with Crippen molar-refractivity contribution in [1.29, 1.82) is 0 Å². The van der Waals surface area contributed by atoms with Crippen molar-refractivity contribution in [2.75, 3.05) is 26.3 Å². The maximum atomic E-state index is 13.8. The van der Waals surface area contributed by atoms with E-state index in [2.05, 4.69) is 12.0 Å². The number of nitrogens with zero attached hydrogens (tertiary/aromatic N) is 3. The monoisotopic (exact) mass is 441 g/mol. The van der Waals surface area contributed by atoms with Crippen LogP contribution in [-0.2, 0) is 11.2 Å². The number of hydrogen-bond acceptors (Lipinski definition) is 4. The lowest BCUT2D eigenvalue weighted by atomic mass is 10.1. The molecule has 1 fully saturated rings. The molecule has 168 valence electrons. The molecule has 1 unspecified atom stereocenters. The van der Waals surface area contributed by atoms with Crippen molar-refractivity contribution in [2.24, 2.45) is 0 Å². The first-order valence-electron chi connectivity index (χ1n) is 10.7. The van der Waals surface area contributed by atoms with E-state index in [1.54, 1.807) is 11.1 Å². The van der Waals surface area contributed by atoms with Crippen LogP contribution in [-0.4, -0.2) is 53.0 Å². The number of amides is 1. The molecule has 1 amide bonds. The van der Waals surface area contributed by atoms with E-state index < -0.39 is 17.7 Å². The summed E-state index contributed by atoms with van der Waals surface area (Å²) in [5.74, 6) is -1.53. The first-order valence-corrected chi connectivity index (χ1v) is 10.7. The highest BCUT2D eigenvalue weighted by Gasteiger charge is 2.28. The molecule has 1 saturated heterocycles. The number of hydrogen-bond donors (Lipinski definition) is 0. The molecule has 0 radical (unpaired) electrons. The topological polar surface area (TPSA) is 56.6 Å². The summed E-state index contributed by atoms with van der Waals surface area (Å²) in [5.41, 5.74) is 2.33. The molecule has 0 saturated carbocycles. The molecular weight excluding hydrogens is 416 g/mol. The van der Waals surface area contributed by atoms with Gasteiger partial charge in [-0.25, -0.2) is 13.5 Å². The van der Waals surface area contributed by atoms with Gasteiger partial charge in [0.2, 0.25) is 0 Å². The lowest BCUT2D eigenvalue weighted by Gasteiger charge is -2.33. The van der Waals surface area contributed by atoms with Crippen LogP contribution in [0.3, 0.4) is 0 Å². The third-order valence-electron chi connectivity index (χ3n) is 5.33. The zero-order chi connectivity index (χ0) is 22.5. The smallest absolute Gasteiger partial charge is 0.257 e. The van der Waals surface area contributed by atoms with Gasteiger partial charge in [0.15, 0.2) is 11.6 Å². The second-order valence-electron chi connectivity index (χ2n) is 7.63. The number of rotatable bonds is 7. The van der Waals surface area contributed by atoms with Crippen molar-refractivity contribution < 1.29 is 23.0 Å². The molecule has 2 aromatic carbocycles. The van der Waals surface area contributed by atoms with Crippen LogP contribution in [0.4, 0.5) is 8.78 Å². The Labute approximate surface area is 185 Å². The zero-order valence-electron chi connectivity index (χ0n) is 17.8. The van der Waals surface area contributed by atoms with Gasteiger partial charge in [-0.3, -0.25) is 4.79 Å². The third kappa shape index (κ3) is 4.80. The minimum Gasteiger partial charge on any atom is -0.488 e. The van der Waals surface area contributed by atoms with E-state index >= 15 is 0 Å². The van der Waals surface area contributed by atoms with Gasteiger partial charge in [-0.2, -0.15) is 5.10 Å². The minimum absolute atomic E-state index is 0.00917. The van der Waals surface area contributed by atoms with E-state index in [1.165, 1.54) is 0 Å². The number of aromatic nitrogens is 2. The molecule has 4 rings (SSSR count).